The van der Waals surface area contributed by atoms with E-state index in [2.05, 4.69) is 5.32 Å². The second-order valence-electron chi connectivity index (χ2n) is 5.86. The second kappa shape index (κ2) is 7.65. The quantitative estimate of drug-likeness (QED) is 0.767. The van der Waals surface area contributed by atoms with Gasteiger partial charge < -0.3 is 14.8 Å². The van der Waals surface area contributed by atoms with Crippen molar-refractivity contribution >= 4 is 17.5 Å². The van der Waals surface area contributed by atoms with Crippen LogP contribution in [0.4, 0.5) is 10.1 Å². The number of anilines is 1. The van der Waals surface area contributed by atoms with Crippen molar-refractivity contribution in [3.8, 4) is 5.69 Å². The summed E-state index contributed by atoms with van der Waals surface area (Å²) in [6, 6.07) is 16.5. The molecule has 2 amide bonds. The fourth-order valence-corrected chi connectivity index (χ4v) is 2.55. The Bertz CT molecular complexity index is 905. The van der Waals surface area contributed by atoms with Gasteiger partial charge >= 0.3 is 0 Å². The predicted molar refractivity (Wildman–Crippen MR) is 97.8 cm³/mol. The van der Waals surface area contributed by atoms with Gasteiger partial charge in [-0.3, -0.25) is 9.59 Å². The maximum absolute atomic E-state index is 12.9. The molecule has 1 N–H and O–H groups in total. The van der Waals surface area contributed by atoms with Crippen LogP contribution in [0.1, 0.15) is 10.4 Å². The molecule has 5 nitrogen and oxygen atoms in total. The first-order chi connectivity index (χ1) is 12.5. The fourth-order valence-electron chi connectivity index (χ4n) is 2.55. The molecule has 0 spiro atoms. The van der Waals surface area contributed by atoms with E-state index in [0.29, 0.717) is 11.3 Å². The Hall–Kier alpha value is -3.41. The number of nitrogens with zero attached hydrogens (tertiary/aromatic N) is 2. The highest BCUT2D eigenvalue weighted by Gasteiger charge is 2.15. The van der Waals surface area contributed by atoms with Crippen LogP contribution in [0.3, 0.4) is 0 Å². The highest BCUT2D eigenvalue weighted by Crippen LogP contribution is 2.13. The molecule has 1 heterocycles. The summed E-state index contributed by atoms with van der Waals surface area (Å²) in [5.41, 5.74) is 1.84. The molecule has 3 aromatic rings. The number of benzene rings is 2. The van der Waals surface area contributed by atoms with Gasteiger partial charge in [-0.25, -0.2) is 4.39 Å². The van der Waals surface area contributed by atoms with Crippen molar-refractivity contribution < 1.29 is 14.0 Å². The number of aromatic nitrogens is 1. The lowest BCUT2D eigenvalue weighted by Gasteiger charge is -2.17. The number of amides is 2. The lowest BCUT2D eigenvalue weighted by molar-refractivity contribution is -0.116. The molecule has 0 saturated carbocycles. The largest absolute Gasteiger partial charge is 0.332 e. The molecule has 0 atom stereocenters. The van der Waals surface area contributed by atoms with E-state index >= 15 is 0 Å². The van der Waals surface area contributed by atoms with Gasteiger partial charge in [0.1, 0.15) is 5.82 Å². The normalized spacial score (nSPS) is 10.4. The Morgan fingerprint density at radius 1 is 1.04 bits per heavy atom. The second-order valence-corrected chi connectivity index (χ2v) is 5.86. The summed E-state index contributed by atoms with van der Waals surface area (Å²) in [5.74, 6) is -0.986. The Labute approximate surface area is 150 Å². The summed E-state index contributed by atoms with van der Waals surface area (Å²) >= 11 is 0. The minimum absolute atomic E-state index is 0.107. The standard InChI is InChI=1S/C20H18FN3O2/c1-23(14-19(25)22-17-9-7-16(21)8-10-17)20(26)15-5-4-6-18(13-15)24-11-2-3-12-24/h2-13H,14H2,1H3,(H,22,25). The summed E-state index contributed by atoms with van der Waals surface area (Å²) in [7, 11) is 1.56. The topological polar surface area (TPSA) is 54.3 Å². The molecule has 26 heavy (non-hydrogen) atoms. The maximum Gasteiger partial charge on any atom is 0.254 e. The molecule has 1 aromatic heterocycles. The average molecular weight is 351 g/mol. The van der Waals surface area contributed by atoms with Gasteiger partial charge in [-0.2, -0.15) is 0 Å². The van der Waals surface area contributed by atoms with Gasteiger partial charge in [0.2, 0.25) is 5.91 Å². The van der Waals surface area contributed by atoms with Crippen molar-refractivity contribution in [3.05, 3.63) is 84.4 Å². The van der Waals surface area contributed by atoms with Crippen molar-refractivity contribution in [2.45, 2.75) is 0 Å². The van der Waals surface area contributed by atoms with E-state index in [0.717, 1.165) is 5.69 Å². The van der Waals surface area contributed by atoms with E-state index in [9.17, 15) is 14.0 Å². The number of likely N-dealkylation sites (N-methyl/N-ethyl adjacent to an activating group) is 1. The van der Waals surface area contributed by atoms with Crippen LogP contribution in [-0.4, -0.2) is 34.9 Å². The summed E-state index contributed by atoms with van der Waals surface area (Å²) in [6.07, 6.45) is 3.78. The predicted octanol–water partition coefficient (Wildman–Crippen LogP) is 3.33. The monoisotopic (exact) mass is 351 g/mol. The number of carbonyl (C=O) groups excluding carboxylic acids is 2. The third-order valence-corrected chi connectivity index (χ3v) is 3.85. The van der Waals surface area contributed by atoms with Crippen molar-refractivity contribution in [3.63, 3.8) is 0 Å². The van der Waals surface area contributed by atoms with Gasteiger partial charge in [0.15, 0.2) is 0 Å². The molecular weight excluding hydrogens is 333 g/mol. The van der Waals surface area contributed by atoms with Crippen LogP contribution >= 0.6 is 0 Å². The third-order valence-electron chi connectivity index (χ3n) is 3.85. The fraction of sp³-hybridized carbons (Fsp3) is 0.100. The number of nitrogens with one attached hydrogen (secondary N) is 1. The molecule has 0 aliphatic rings. The molecule has 0 radical (unpaired) electrons. The Balaban J connectivity index is 1.65. The number of halogens is 1. The summed E-state index contributed by atoms with van der Waals surface area (Å²) < 4.78 is 14.8. The van der Waals surface area contributed by atoms with Crippen LogP contribution in [0.15, 0.2) is 73.1 Å². The molecule has 0 unspecified atom stereocenters. The Morgan fingerprint density at radius 3 is 2.42 bits per heavy atom. The molecule has 132 valence electrons. The zero-order chi connectivity index (χ0) is 18.5. The lowest BCUT2D eigenvalue weighted by atomic mass is 10.1. The van der Waals surface area contributed by atoms with E-state index in [4.69, 9.17) is 0 Å². The highest BCUT2D eigenvalue weighted by atomic mass is 19.1. The first-order valence-corrected chi connectivity index (χ1v) is 8.07. The van der Waals surface area contributed by atoms with E-state index in [-0.39, 0.29) is 24.2 Å². The SMILES string of the molecule is CN(CC(=O)Nc1ccc(F)cc1)C(=O)c1cccc(-n2cccc2)c1. The molecular formula is C20H18FN3O2. The van der Waals surface area contributed by atoms with Crippen molar-refractivity contribution in [2.24, 2.45) is 0 Å². The summed E-state index contributed by atoms with van der Waals surface area (Å²) in [5, 5.41) is 2.64. The van der Waals surface area contributed by atoms with Crippen molar-refractivity contribution in [1.29, 1.82) is 0 Å². The summed E-state index contributed by atoms with van der Waals surface area (Å²) in [6.45, 7) is -0.107. The highest BCUT2D eigenvalue weighted by molar-refractivity contribution is 5.99. The van der Waals surface area contributed by atoms with Crippen LogP contribution < -0.4 is 5.32 Å². The van der Waals surface area contributed by atoms with E-state index in [1.54, 1.807) is 25.2 Å². The molecule has 0 aliphatic heterocycles. The minimum Gasteiger partial charge on any atom is -0.332 e. The first-order valence-electron chi connectivity index (χ1n) is 8.07. The van der Waals surface area contributed by atoms with Crippen molar-refractivity contribution in [1.82, 2.24) is 9.47 Å². The average Bonchev–Trinajstić information content (AvgIpc) is 3.18. The van der Waals surface area contributed by atoms with Gasteiger partial charge in [0.25, 0.3) is 5.91 Å². The number of hydrogen-bond donors (Lipinski definition) is 1. The van der Waals surface area contributed by atoms with Crippen LogP contribution in [0, 0.1) is 5.82 Å². The Kier molecular flexibility index (Phi) is 5.12. The first kappa shape index (κ1) is 17.4. The zero-order valence-electron chi connectivity index (χ0n) is 14.2. The smallest absolute Gasteiger partial charge is 0.254 e. The molecule has 0 bridgehead atoms. The molecule has 0 saturated heterocycles. The van der Waals surface area contributed by atoms with Crippen LogP contribution in [0.2, 0.25) is 0 Å². The van der Waals surface area contributed by atoms with Crippen molar-refractivity contribution in [2.75, 3.05) is 18.9 Å². The van der Waals surface area contributed by atoms with E-state index in [1.165, 1.54) is 29.2 Å². The number of carbonyl (C=O) groups is 2. The molecule has 2 aromatic carbocycles. The molecule has 3 rings (SSSR count). The number of hydrogen-bond acceptors (Lipinski definition) is 2. The Morgan fingerprint density at radius 2 is 1.73 bits per heavy atom. The van der Waals surface area contributed by atoms with Crippen LogP contribution in [0.25, 0.3) is 5.69 Å². The maximum atomic E-state index is 12.9. The van der Waals surface area contributed by atoms with Gasteiger partial charge in [-0.15, -0.1) is 0 Å². The van der Waals surface area contributed by atoms with Gasteiger partial charge in [-0.05, 0) is 54.6 Å². The van der Waals surface area contributed by atoms with Crippen LogP contribution in [-0.2, 0) is 4.79 Å². The molecule has 6 heteroatoms. The van der Waals surface area contributed by atoms with Crippen LogP contribution in [0.5, 0.6) is 0 Å². The van der Waals surface area contributed by atoms with Gasteiger partial charge in [0.05, 0.1) is 6.54 Å². The number of rotatable bonds is 5. The minimum atomic E-state index is -0.377. The van der Waals surface area contributed by atoms with Gasteiger partial charge in [0, 0.05) is 36.4 Å². The van der Waals surface area contributed by atoms with Gasteiger partial charge in [-0.1, -0.05) is 6.07 Å². The lowest BCUT2D eigenvalue weighted by Crippen LogP contribution is -2.35. The third kappa shape index (κ3) is 4.16. The van der Waals surface area contributed by atoms with E-state index < -0.39 is 0 Å². The van der Waals surface area contributed by atoms with E-state index in [1.807, 2.05) is 35.2 Å². The summed E-state index contributed by atoms with van der Waals surface area (Å²) in [4.78, 5) is 26.0. The molecule has 0 aliphatic carbocycles. The molecule has 0 fully saturated rings. The zero-order valence-corrected chi connectivity index (χ0v) is 14.2.